The molecule has 1 aromatic carbocycles. The fourth-order valence-corrected chi connectivity index (χ4v) is 1.91. The average Bonchev–Trinajstić information content (AvgIpc) is 2.45. The molecule has 0 aliphatic heterocycles. The van der Waals surface area contributed by atoms with Gasteiger partial charge in [-0.2, -0.15) is 0 Å². The number of halogens is 1. The van der Waals surface area contributed by atoms with Crippen molar-refractivity contribution in [2.75, 3.05) is 6.61 Å². The van der Waals surface area contributed by atoms with E-state index in [9.17, 15) is 0 Å². The Morgan fingerprint density at radius 2 is 2.15 bits per heavy atom. The molecule has 2 nitrogen and oxygen atoms in total. The van der Waals surface area contributed by atoms with E-state index in [1.165, 1.54) is 0 Å². The molecule has 0 aliphatic rings. The predicted molar refractivity (Wildman–Crippen MR) is 86.8 cm³/mol. The monoisotopic (exact) mass is 291 g/mol. The predicted octanol–water partition coefficient (Wildman–Crippen LogP) is 4.26. The smallest absolute Gasteiger partial charge is 0.115 e. The lowest BCUT2D eigenvalue weighted by molar-refractivity contribution is 0.203. The van der Waals surface area contributed by atoms with Gasteiger partial charge in [-0.15, -0.1) is 0 Å². The zero-order chi connectivity index (χ0) is 15.0. The van der Waals surface area contributed by atoms with Crippen molar-refractivity contribution < 1.29 is 4.74 Å². The van der Waals surface area contributed by atoms with Crippen LogP contribution in [0.4, 0.5) is 0 Å². The molecule has 20 heavy (non-hydrogen) atoms. The molecule has 0 amide bonds. The van der Waals surface area contributed by atoms with E-state index in [1.807, 2.05) is 50.3 Å². The highest BCUT2D eigenvalue weighted by Crippen LogP contribution is 2.16. The van der Waals surface area contributed by atoms with Crippen LogP contribution >= 0.6 is 11.6 Å². The molecule has 1 aromatic rings. The van der Waals surface area contributed by atoms with Crippen molar-refractivity contribution in [2.24, 2.45) is 5.73 Å². The average molecular weight is 292 g/mol. The molecule has 0 fully saturated rings. The fraction of sp³-hybridized carbons (Fsp3) is 0.294. The van der Waals surface area contributed by atoms with Gasteiger partial charge < -0.3 is 10.5 Å². The first kappa shape index (κ1) is 16.5. The lowest BCUT2D eigenvalue weighted by Gasteiger charge is -2.15. The molecule has 0 saturated carbocycles. The van der Waals surface area contributed by atoms with Gasteiger partial charge in [0.05, 0.1) is 0 Å². The van der Waals surface area contributed by atoms with Crippen LogP contribution in [0.1, 0.15) is 19.4 Å². The summed E-state index contributed by atoms with van der Waals surface area (Å²) < 4.78 is 5.71. The number of hydrogen-bond acceptors (Lipinski definition) is 2. The first-order chi connectivity index (χ1) is 9.56. The normalized spacial score (nSPS) is 14.0. The van der Waals surface area contributed by atoms with Crippen LogP contribution in [0, 0.1) is 0 Å². The Hall–Kier alpha value is -1.51. The van der Waals surface area contributed by atoms with Crippen molar-refractivity contribution in [3.05, 3.63) is 71.0 Å². The molecule has 0 heterocycles. The van der Waals surface area contributed by atoms with Crippen LogP contribution in [-0.2, 0) is 11.2 Å². The minimum absolute atomic E-state index is 0.0951. The van der Waals surface area contributed by atoms with Crippen molar-refractivity contribution in [3.63, 3.8) is 0 Å². The number of ether oxygens (including phenoxy) is 1. The summed E-state index contributed by atoms with van der Waals surface area (Å²) in [6, 6.07) is 7.64. The van der Waals surface area contributed by atoms with Gasteiger partial charge in [-0.25, -0.2) is 0 Å². The largest absolute Gasteiger partial charge is 0.492 e. The highest BCUT2D eigenvalue weighted by molar-refractivity contribution is 6.31. The number of allylic oxidation sites excluding steroid dienone is 4. The maximum Gasteiger partial charge on any atom is 0.115 e. The highest BCUT2D eigenvalue weighted by atomic mass is 35.5. The van der Waals surface area contributed by atoms with E-state index < -0.39 is 0 Å². The topological polar surface area (TPSA) is 35.2 Å². The van der Waals surface area contributed by atoms with Gasteiger partial charge in [-0.1, -0.05) is 42.5 Å². The molecule has 0 bridgehead atoms. The molecule has 1 unspecified atom stereocenters. The maximum absolute atomic E-state index is 6.12. The summed E-state index contributed by atoms with van der Waals surface area (Å²) in [6.07, 6.45) is 6.34. The summed E-state index contributed by atoms with van der Waals surface area (Å²) in [6.45, 7) is 8.08. The molecule has 108 valence electrons. The van der Waals surface area contributed by atoms with Gasteiger partial charge in [-0.05, 0) is 49.6 Å². The van der Waals surface area contributed by atoms with Crippen LogP contribution in [-0.4, -0.2) is 12.6 Å². The minimum atomic E-state index is -0.0951. The first-order valence-corrected chi connectivity index (χ1v) is 7.03. The van der Waals surface area contributed by atoms with Crippen LogP contribution < -0.4 is 5.73 Å². The first-order valence-electron chi connectivity index (χ1n) is 6.65. The van der Waals surface area contributed by atoms with Gasteiger partial charge in [-0.3, -0.25) is 0 Å². The maximum atomic E-state index is 6.12. The summed E-state index contributed by atoms with van der Waals surface area (Å²) in [5.74, 6) is 0.803. The van der Waals surface area contributed by atoms with Gasteiger partial charge >= 0.3 is 0 Å². The Morgan fingerprint density at radius 1 is 1.45 bits per heavy atom. The third-order valence-corrected chi connectivity index (χ3v) is 3.25. The molecule has 0 radical (unpaired) electrons. The van der Waals surface area contributed by atoms with Gasteiger partial charge in [0.2, 0.25) is 0 Å². The Kier molecular flexibility index (Phi) is 7.13. The number of nitrogens with two attached hydrogens (primary N) is 1. The Morgan fingerprint density at radius 3 is 2.75 bits per heavy atom. The second-order valence-corrected chi connectivity index (χ2v) is 5.06. The molecular formula is C17H22ClNO. The van der Waals surface area contributed by atoms with Crippen molar-refractivity contribution in [3.8, 4) is 0 Å². The van der Waals surface area contributed by atoms with Crippen molar-refractivity contribution >= 4 is 11.6 Å². The van der Waals surface area contributed by atoms with E-state index in [4.69, 9.17) is 22.1 Å². The van der Waals surface area contributed by atoms with Crippen LogP contribution in [0.15, 0.2) is 60.4 Å². The molecule has 0 saturated heterocycles. The summed E-state index contributed by atoms with van der Waals surface area (Å²) in [7, 11) is 0. The molecule has 2 N–H and O–H groups in total. The molecule has 0 aromatic heterocycles. The Bertz CT molecular complexity index is 505. The zero-order valence-electron chi connectivity index (χ0n) is 12.1. The number of benzene rings is 1. The number of hydrogen-bond donors (Lipinski definition) is 1. The van der Waals surface area contributed by atoms with E-state index in [2.05, 4.69) is 6.58 Å². The summed E-state index contributed by atoms with van der Waals surface area (Å²) in [5.41, 5.74) is 8.19. The van der Waals surface area contributed by atoms with E-state index in [-0.39, 0.29) is 6.04 Å². The van der Waals surface area contributed by atoms with Crippen LogP contribution in [0.3, 0.4) is 0 Å². The lowest BCUT2D eigenvalue weighted by atomic mass is 10.1. The number of rotatable bonds is 7. The summed E-state index contributed by atoms with van der Waals surface area (Å²) >= 11 is 6.12. The van der Waals surface area contributed by atoms with Crippen LogP contribution in [0.2, 0.25) is 5.02 Å². The van der Waals surface area contributed by atoms with E-state index >= 15 is 0 Å². The zero-order valence-corrected chi connectivity index (χ0v) is 12.9. The molecule has 1 rings (SSSR count). The standard InChI is InChI=1S/C17H22ClNO/c1-4-13(3)10-16(5-2)20-12-15(19)11-14-8-6-7-9-17(14)18/h4-10,15H,1,11-12,19H2,2-3H3/b13-10-,16-5+. The molecule has 0 aliphatic carbocycles. The molecule has 0 spiro atoms. The van der Waals surface area contributed by atoms with E-state index in [0.717, 1.165) is 21.9 Å². The van der Waals surface area contributed by atoms with Crippen molar-refractivity contribution in [1.82, 2.24) is 0 Å². The fourth-order valence-electron chi connectivity index (χ4n) is 1.70. The Balaban J connectivity index is 2.53. The second-order valence-electron chi connectivity index (χ2n) is 4.65. The van der Waals surface area contributed by atoms with Crippen LogP contribution in [0.25, 0.3) is 0 Å². The van der Waals surface area contributed by atoms with Gasteiger partial charge in [0.15, 0.2) is 0 Å². The second kappa shape index (κ2) is 8.62. The third-order valence-electron chi connectivity index (χ3n) is 2.88. The van der Waals surface area contributed by atoms with Gasteiger partial charge in [0.25, 0.3) is 0 Å². The molecular weight excluding hydrogens is 270 g/mol. The van der Waals surface area contributed by atoms with Crippen molar-refractivity contribution in [1.29, 1.82) is 0 Å². The van der Waals surface area contributed by atoms with E-state index in [0.29, 0.717) is 13.0 Å². The quantitative estimate of drug-likeness (QED) is 0.602. The summed E-state index contributed by atoms with van der Waals surface area (Å²) in [5, 5.41) is 0.747. The van der Waals surface area contributed by atoms with E-state index in [1.54, 1.807) is 6.08 Å². The van der Waals surface area contributed by atoms with Gasteiger partial charge in [0, 0.05) is 11.1 Å². The lowest BCUT2D eigenvalue weighted by Crippen LogP contribution is -2.28. The molecule has 3 heteroatoms. The van der Waals surface area contributed by atoms with Crippen LogP contribution in [0.5, 0.6) is 0 Å². The summed E-state index contributed by atoms with van der Waals surface area (Å²) in [4.78, 5) is 0. The van der Waals surface area contributed by atoms with Crippen molar-refractivity contribution in [2.45, 2.75) is 26.3 Å². The minimum Gasteiger partial charge on any atom is -0.492 e. The molecule has 1 atom stereocenters. The Labute approximate surface area is 126 Å². The third kappa shape index (κ3) is 5.64. The highest BCUT2D eigenvalue weighted by Gasteiger charge is 2.08. The van der Waals surface area contributed by atoms with Gasteiger partial charge in [0.1, 0.15) is 12.4 Å². The SMILES string of the molecule is C=C/C(C)=C\C(=C/C)OCC(N)Cc1ccccc1Cl.